The highest BCUT2D eigenvalue weighted by atomic mass is 32.2. The van der Waals surface area contributed by atoms with Crippen molar-refractivity contribution in [2.75, 3.05) is 33.2 Å². The van der Waals surface area contributed by atoms with Gasteiger partial charge in [-0.05, 0) is 43.4 Å². The normalized spacial score (nSPS) is 16.3. The minimum Gasteiger partial charge on any atom is -0.451 e. The van der Waals surface area contributed by atoms with E-state index in [-0.39, 0.29) is 16.6 Å². The molecule has 1 aliphatic rings. The van der Waals surface area contributed by atoms with Crippen LogP contribution in [0.4, 0.5) is 0 Å². The van der Waals surface area contributed by atoms with Crippen LogP contribution in [-0.4, -0.2) is 57.4 Å². The molecule has 0 unspecified atom stereocenters. The molecular formula is C16H19N3O4S. The third-order valence-electron chi connectivity index (χ3n) is 4.07. The second-order valence-corrected chi connectivity index (χ2v) is 7.39. The van der Waals surface area contributed by atoms with Gasteiger partial charge in [0.1, 0.15) is 5.76 Å². The number of sulfonamides is 1. The van der Waals surface area contributed by atoms with Crippen LogP contribution < -0.4 is 5.14 Å². The maximum Gasteiger partial charge on any atom is 0.289 e. The second-order valence-electron chi connectivity index (χ2n) is 5.83. The van der Waals surface area contributed by atoms with Crippen molar-refractivity contribution < 1.29 is 17.6 Å². The molecule has 8 heteroatoms. The number of likely N-dealkylation sites (N-methyl/N-ethyl adjacent to an activating group) is 1. The summed E-state index contributed by atoms with van der Waals surface area (Å²) in [6.07, 6.45) is 0. The lowest BCUT2D eigenvalue weighted by Crippen LogP contribution is -2.47. The minimum absolute atomic E-state index is 0.0338. The predicted molar refractivity (Wildman–Crippen MR) is 88.9 cm³/mol. The molecule has 1 amide bonds. The fourth-order valence-electron chi connectivity index (χ4n) is 2.58. The zero-order valence-electron chi connectivity index (χ0n) is 13.3. The number of primary sulfonamides is 1. The van der Waals surface area contributed by atoms with Gasteiger partial charge in [-0.15, -0.1) is 0 Å². The first-order chi connectivity index (χ1) is 11.3. The van der Waals surface area contributed by atoms with E-state index in [1.807, 2.05) is 7.05 Å². The average molecular weight is 349 g/mol. The van der Waals surface area contributed by atoms with E-state index in [9.17, 15) is 13.2 Å². The molecule has 1 saturated heterocycles. The first-order valence-corrected chi connectivity index (χ1v) is 9.10. The molecule has 0 aliphatic carbocycles. The molecule has 1 fully saturated rings. The molecule has 3 rings (SSSR count). The summed E-state index contributed by atoms with van der Waals surface area (Å²) in [5, 5.41) is 5.08. The van der Waals surface area contributed by atoms with E-state index in [2.05, 4.69) is 4.90 Å². The van der Waals surface area contributed by atoms with Crippen LogP contribution in [0.2, 0.25) is 0 Å². The summed E-state index contributed by atoms with van der Waals surface area (Å²) < 4.78 is 28.2. The third-order valence-corrected chi connectivity index (χ3v) is 5.00. The van der Waals surface area contributed by atoms with Crippen LogP contribution in [0.3, 0.4) is 0 Å². The molecule has 0 atom stereocenters. The average Bonchev–Trinajstić information content (AvgIpc) is 3.04. The van der Waals surface area contributed by atoms with Crippen LogP contribution in [-0.2, 0) is 10.0 Å². The summed E-state index contributed by atoms with van der Waals surface area (Å²) in [5.41, 5.74) is 0.680. The highest BCUT2D eigenvalue weighted by Crippen LogP contribution is 2.24. The number of hydrogen-bond donors (Lipinski definition) is 1. The fourth-order valence-corrected chi connectivity index (χ4v) is 3.10. The van der Waals surface area contributed by atoms with E-state index < -0.39 is 10.0 Å². The molecule has 24 heavy (non-hydrogen) atoms. The Morgan fingerprint density at radius 2 is 1.67 bits per heavy atom. The fraction of sp³-hybridized carbons (Fsp3) is 0.312. The van der Waals surface area contributed by atoms with Gasteiger partial charge in [-0.25, -0.2) is 13.6 Å². The number of benzene rings is 1. The van der Waals surface area contributed by atoms with Gasteiger partial charge < -0.3 is 14.2 Å². The van der Waals surface area contributed by atoms with Gasteiger partial charge in [0.15, 0.2) is 5.76 Å². The largest absolute Gasteiger partial charge is 0.451 e. The summed E-state index contributed by atoms with van der Waals surface area (Å²) in [4.78, 5) is 16.4. The summed E-state index contributed by atoms with van der Waals surface area (Å²) in [5.74, 6) is 0.661. The molecule has 0 radical (unpaired) electrons. The number of nitrogens with two attached hydrogens (primary N) is 1. The zero-order valence-corrected chi connectivity index (χ0v) is 14.1. The second kappa shape index (κ2) is 6.39. The summed E-state index contributed by atoms with van der Waals surface area (Å²) >= 11 is 0. The molecule has 1 aliphatic heterocycles. The molecule has 0 spiro atoms. The van der Waals surface area contributed by atoms with Crippen LogP contribution in [0.5, 0.6) is 0 Å². The lowest BCUT2D eigenvalue weighted by Gasteiger charge is -2.31. The standard InChI is InChI=1S/C16H19N3O4S/c1-18-8-10-19(11-9-18)16(20)15-7-6-14(23-15)12-2-4-13(5-3-12)24(17,21)22/h2-7H,8-11H2,1H3,(H2,17,21,22). The van der Waals surface area contributed by atoms with Crippen molar-refractivity contribution in [3.05, 3.63) is 42.2 Å². The Morgan fingerprint density at radius 3 is 2.25 bits per heavy atom. The van der Waals surface area contributed by atoms with E-state index in [4.69, 9.17) is 9.56 Å². The van der Waals surface area contributed by atoms with Crippen LogP contribution >= 0.6 is 0 Å². The smallest absolute Gasteiger partial charge is 0.289 e. The number of furan rings is 1. The van der Waals surface area contributed by atoms with Crippen molar-refractivity contribution in [3.8, 4) is 11.3 Å². The lowest BCUT2D eigenvalue weighted by atomic mass is 10.2. The van der Waals surface area contributed by atoms with Gasteiger partial charge in [0.05, 0.1) is 4.90 Å². The van der Waals surface area contributed by atoms with Crippen LogP contribution in [0.25, 0.3) is 11.3 Å². The van der Waals surface area contributed by atoms with Crippen LogP contribution in [0, 0.1) is 0 Å². The number of carbonyl (C=O) groups excluding carboxylic acids is 1. The van der Waals surface area contributed by atoms with Crippen LogP contribution in [0.1, 0.15) is 10.6 Å². The van der Waals surface area contributed by atoms with Gasteiger partial charge in [0, 0.05) is 31.7 Å². The highest BCUT2D eigenvalue weighted by Gasteiger charge is 2.23. The number of nitrogens with zero attached hydrogens (tertiary/aromatic N) is 2. The summed E-state index contributed by atoms with van der Waals surface area (Å²) in [6.45, 7) is 3.03. The van der Waals surface area contributed by atoms with Gasteiger partial charge in [0.25, 0.3) is 5.91 Å². The Balaban J connectivity index is 1.77. The first kappa shape index (κ1) is 16.7. The molecular weight excluding hydrogens is 330 g/mol. The predicted octanol–water partition coefficient (Wildman–Crippen LogP) is 0.982. The van der Waals surface area contributed by atoms with Gasteiger partial charge in [-0.2, -0.15) is 0 Å². The molecule has 128 valence electrons. The van der Waals surface area contributed by atoms with Gasteiger partial charge in [-0.1, -0.05) is 0 Å². The topological polar surface area (TPSA) is 96.9 Å². The van der Waals surface area contributed by atoms with Crippen molar-refractivity contribution in [2.24, 2.45) is 5.14 Å². The molecule has 7 nitrogen and oxygen atoms in total. The molecule has 0 saturated carbocycles. The van der Waals surface area contributed by atoms with Gasteiger partial charge in [0.2, 0.25) is 10.0 Å². The SMILES string of the molecule is CN1CCN(C(=O)c2ccc(-c3ccc(S(N)(=O)=O)cc3)o2)CC1. The quantitative estimate of drug-likeness (QED) is 0.891. The van der Waals surface area contributed by atoms with Gasteiger partial charge in [-0.3, -0.25) is 4.79 Å². The Labute approximate surface area is 140 Å². The Hall–Kier alpha value is -2.16. The van der Waals surface area contributed by atoms with Gasteiger partial charge >= 0.3 is 0 Å². The van der Waals surface area contributed by atoms with E-state index in [0.29, 0.717) is 24.4 Å². The Morgan fingerprint density at radius 1 is 1.04 bits per heavy atom. The number of rotatable bonds is 3. The molecule has 1 aromatic carbocycles. The molecule has 2 N–H and O–H groups in total. The Kier molecular flexibility index (Phi) is 4.44. The van der Waals surface area contributed by atoms with Crippen molar-refractivity contribution >= 4 is 15.9 Å². The Bertz CT molecular complexity index is 834. The monoisotopic (exact) mass is 349 g/mol. The number of carbonyl (C=O) groups is 1. The number of amides is 1. The number of piperazine rings is 1. The van der Waals surface area contributed by atoms with Crippen molar-refractivity contribution in [1.29, 1.82) is 0 Å². The van der Waals surface area contributed by atoms with E-state index in [1.165, 1.54) is 12.1 Å². The maximum absolute atomic E-state index is 12.5. The number of hydrogen-bond acceptors (Lipinski definition) is 5. The highest BCUT2D eigenvalue weighted by molar-refractivity contribution is 7.89. The molecule has 0 bridgehead atoms. The maximum atomic E-state index is 12.5. The van der Waals surface area contributed by atoms with Crippen molar-refractivity contribution in [3.63, 3.8) is 0 Å². The summed E-state index contributed by atoms with van der Waals surface area (Å²) in [6, 6.07) is 9.37. The van der Waals surface area contributed by atoms with E-state index in [0.717, 1.165) is 13.1 Å². The molecule has 2 aromatic rings. The third kappa shape index (κ3) is 3.50. The summed E-state index contributed by atoms with van der Waals surface area (Å²) in [7, 11) is -1.70. The zero-order chi connectivity index (χ0) is 17.3. The molecule has 2 heterocycles. The van der Waals surface area contributed by atoms with Crippen LogP contribution in [0.15, 0.2) is 45.7 Å². The van der Waals surface area contributed by atoms with E-state index in [1.54, 1.807) is 29.2 Å². The van der Waals surface area contributed by atoms with E-state index >= 15 is 0 Å². The molecule has 1 aromatic heterocycles. The van der Waals surface area contributed by atoms with Crippen molar-refractivity contribution in [1.82, 2.24) is 9.80 Å². The lowest BCUT2D eigenvalue weighted by molar-refractivity contribution is 0.0633. The minimum atomic E-state index is -3.72. The van der Waals surface area contributed by atoms with Crippen molar-refractivity contribution in [2.45, 2.75) is 4.90 Å². The first-order valence-electron chi connectivity index (χ1n) is 7.55.